The standard InChI is InChI=1S/C10H9Cl2N3O2/c11-6-2-8(12)14-3-7(6)15-4-5(10(13)17)1-9(15)16/h2-3,5H,1,4H2,(H2,13,17). The molecule has 2 N–H and O–H groups in total. The number of pyridine rings is 1. The van der Waals surface area contributed by atoms with Crippen molar-refractivity contribution < 1.29 is 9.59 Å². The molecule has 2 heterocycles. The van der Waals surface area contributed by atoms with Crippen molar-refractivity contribution in [3.63, 3.8) is 0 Å². The lowest BCUT2D eigenvalue weighted by Crippen LogP contribution is -2.28. The lowest BCUT2D eigenvalue weighted by molar-refractivity contribution is -0.123. The zero-order valence-electron chi connectivity index (χ0n) is 8.69. The third kappa shape index (κ3) is 2.35. The van der Waals surface area contributed by atoms with Crippen LogP contribution in [0.1, 0.15) is 6.42 Å². The number of hydrogen-bond acceptors (Lipinski definition) is 3. The number of amides is 2. The number of primary amides is 1. The molecule has 2 amide bonds. The Labute approximate surface area is 107 Å². The number of nitrogens with two attached hydrogens (primary N) is 1. The minimum Gasteiger partial charge on any atom is -0.369 e. The predicted octanol–water partition coefficient (Wildman–Crippen LogP) is 1.23. The van der Waals surface area contributed by atoms with Gasteiger partial charge in [-0.2, -0.15) is 0 Å². The second kappa shape index (κ2) is 4.50. The molecule has 2 rings (SSSR count). The summed E-state index contributed by atoms with van der Waals surface area (Å²) < 4.78 is 0. The largest absolute Gasteiger partial charge is 0.369 e. The van der Waals surface area contributed by atoms with E-state index in [0.29, 0.717) is 10.7 Å². The average Bonchev–Trinajstić information content (AvgIpc) is 2.61. The fraction of sp³-hybridized carbons (Fsp3) is 0.300. The van der Waals surface area contributed by atoms with Crippen LogP contribution < -0.4 is 10.6 Å². The summed E-state index contributed by atoms with van der Waals surface area (Å²) in [5.41, 5.74) is 5.62. The Balaban J connectivity index is 2.29. The van der Waals surface area contributed by atoms with Crippen LogP contribution in [0.15, 0.2) is 12.3 Å². The highest BCUT2D eigenvalue weighted by Gasteiger charge is 2.34. The van der Waals surface area contributed by atoms with Crippen LogP contribution in [0.3, 0.4) is 0 Å². The summed E-state index contributed by atoms with van der Waals surface area (Å²) in [6.45, 7) is 0.233. The highest BCUT2D eigenvalue weighted by atomic mass is 35.5. The maximum atomic E-state index is 11.7. The van der Waals surface area contributed by atoms with Crippen LogP contribution in [0.5, 0.6) is 0 Å². The van der Waals surface area contributed by atoms with Crippen LogP contribution >= 0.6 is 23.2 Å². The monoisotopic (exact) mass is 273 g/mol. The van der Waals surface area contributed by atoms with E-state index in [1.54, 1.807) is 0 Å². The molecule has 1 unspecified atom stereocenters. The maximum absolute atomic E-state index is 11.7. The van der Waals surface area contributed by atoms with Gasteiger partial charge >= 0.3 is 0 Å². The second-order valence-corrected chi connectivity index (χ2v) is 4.56. The van der Waals surface area contributed by atoms with Crippen molar-refractivity contribution in [3.05, 3.63) is 22.4 Å². The summed E-state index contributed by atoms with van der Waals surface area (Å²) in [7, 11) is 0. The van der Waals surface area contributed by atoms with Gasteiger partial charge in [0.15, 0.2) is 0 Å². The van der Waals surface area contributed by atoms with Crippen LogP contribution in [0, 0.1) is 5.92 Å². The lowest BCUT2D eigenvalue weighted by atomic mass is 10.1. The van der Waals surface area contributed by atoms with Gasteiger partial charge in [-0.1, -0.05) is 23.2 Å². The van der Waals surface area contributed by atoms with Gasteiger partial charge in [0.1, 0.15) is 5.15 Å². The molecular weight excluding hydrogens is 265 g/mol. The van der Waals surface area contributed by atoms with Crippen LogP contribution in [-0.4, -0.2) is 23.3 Å². The number of aromatic nitrogens is 1. The van der Waals surface area contributed by atoms with Crippen molar-refractivity contribution in [3.8, 4) is 0 Å². The molecule has 1 atom stereocenters. The summed E-state index contributed by atoms with van der Waals surface area (Å²) in [4.78, 5) is 28.0. The van der Waals surface area contributed by atoms with E-state index in [-0.39, 0.29) is 24.0 Å². The highest BCUT2D eigenvalue weighted by Crippen LogP contribution is 2.31. The molecule has 7 heteroatoms. The third-order valence-electron chi connectivity index (χ3n) is 2.62. The van der Waals surface area contributed by atoms with E-state index in [2.05, 4.69) is 4.98 Å². The first-order chi connectivity index (χ1) is 7.99. The van der Waals surface area contributed by atoms with E-state index < -0.39 is 11.8 Å². The fourth-order valence-corrected chi connectivity index (χ4v) is 2.20. The Bertz CT molecular complexity index is 492. The van der Waals surface area contributed by atoms with E-state index in [1.165, 1.54) is 17.2 Å². The number of carbonyl (C=O) groups is 2. The summed E-state index contributed by atoms with van der Waals surface area (Å²) >= 11 is 11.6. The van der Waals surface area contributed by atoms with Crippen molar-refractivity contribution >= 4 is 40.7 Å². The number of carbonyl (C=O) groups excluding carboxylic acids is 2. The molecule has 1 aliphatic rings. The van der Waals surface area contributed by atoms with Crippen molar-refractivity contribution in [1.82, 2.24) is 4.98 Å². The summed E-state index contributed by atoms with van der Waals surface area (Å²) in [5, 5.41) is 0.570. The minimum atomic E-state index is -0.487. The zero-order valence-corrected chi connectivity index (χ0v) is 10.2. The van der Waals surface area contributed by atoms with E-state index in [1.807, 2.05) is 0 Å². The highest BCUT2D eigenvalue weighted by molar-refractivity contribution is 6.36. The average molecular weight is 274 g/mol. The smallest absolute Gasteiger partial charge is 0.227 e. The van der Waals surface area contributed by atoms with Crippen molar-refractivity contribution in [2.45, 2.75) is 6.42 Å². The molecule has 0 bridgehead atoms. The molecule has 0 aromatic carbocycles. The molecule has 0 spiro atoms. The fourth-order valence-electron chi connectivity index (χ4n) is 1.73. The van der Waals surface area contributed by atoms with Crippen molar-refractivity contribution in [2.75, 3.05) is 11.4 Å². The molecule has 1 aromatic heterocycles. The normalized spacial score (nSPS) is 19.8. The summed E-state index contributed by atoms with van der Waals surface area (Å²) in [5.74, 6) is -1.16. The van der Waals surface area contributed by atoms with Gasteiger partial charge in [-0.15, -0.1) is 0 Å². The van der Waals surface area contributed by atoms with Crippen LogP contribution in [-0.2, 0) is 9.59 Å². The van der Waals surface area contributed by atoms with E-state index in [4.69, 9.17) is 28.9 Å². The molecule has 0 radical (unpaired) electrons. The molecule has 1 aromatic rings. The maximum Gasteiger partial charge on any atom is 0.227 e. The van der Waals surface area contributed by atoms with E-state index >= 15 is 0 Å². The molecular formula is C10H9Cl2N3O2. The Kier molecular flexibility index (Phi) is 3.22. The second-order valence-electron chi connectivity index (χ2n) is 3.77. The van der Waals surface area contributed by atoms with E-state index in [0.717, 1.165) is 0 Å². The van der Waals surface area contributed by atoms with Crippen LogP contribution in [0.25, 0.3) is 0 Å². The molecule has 90 valence electrons. The third-order valence-corrected chi connectivity index (χ3v) is 3.13. The van der Waals surface area contributed by atoms with Gasteiger partial charge in [0.25, 0.3) is 0 Å². The Morgan fingerprint density at radius 3 is 2.76 bits per heavy atom. The number of anilines is 1. The Hall–Kier alpha value is -1.33. The first kappa shape index (κ1) is 12.1. The zero-order chi connectivity index (χ0) is 12.6. The lowest BCUT2D eigenvalue weighted by Gasteiger charge is -2.17. The van der Waals surface area contributed by atoms with Crippen molar-refractivity contribution in [1.29, 1.82) is 0 Å². The van der Waals surface area contributed by atoms with Gasteiger partial charge in [-0.25, -0.2) is 4.98 Å². The van der Waals surface area contributed by atoms with Gasteiger partial charge in [-0.3, -0.25) is 9.59 Å². The van der Waals surface area contributed by atoms with Gasteiger partial charge in [0, 0.05) is 13.0 Å². The molecule has 1 saturated heterocycles. The SMILES string of the molecule is NC(=O)C1CC(=O)N(c2cnc(Cl)cc2Cl)C1. The summed E-state index contributed by atoms with van der Waals surface area (Å²) in [6.07, 6.45) is 1.51. The first-order valence-corrected chi connectivity index (χ1v) is 5.65. The van der Waals surface area contributed by atoms with Gasteiger partial charge in [-0.05, 0) is 6.07 Å². The number of hydrogen-bond donors (Lipinski definition) is 1. The first-order valence-electron chi connectivity index (χ1n) is 4.89. The quantitative estimate of drug-likeness (QED) is 0.824. The van der Waals surface area contributed by atoms with Crippen LogP contribution in [0.2, 0.25) is 10.2 Å². The predicted molar refractivity (Wildman–Crippen MR) is 63.9 cm³/mol. The number of halogens is 2. The van der Waals surface area contributed by atoms with Gasteiger partial charge in [0.05, 0.1) is 22.8 Å². The molecule has 1 aliphatic heterocycles. The van der Waals surface area contributed by atoms with Gasteiger partial charge < -0.3 is 10.6 Å². The molecule has 0 saturated carbocycles. The number of nitrogens with zero attached hydrogens (tertiary/aromatic N) is 2. The summed E-state index contributed by atoms with van der Waals surface area (Å²) in [6, 6.07) is 1.45. The molecule has 5 nitrogen and oxygen atoms in total. The topological polar surface area (TPSA) is 76.3 Å². The molecule has 17 heavy (non-hydrogen) atoms. The minimum absolute atomic E-state index is 0.105. The van der Waals surface area contributed by atoms with Crippen LogP contribution in [0.4, 0.5) is 5.69 Å². The Morgan fingerprint density at radius 2 is 2.24 bits per heavy atom. The van der Waals surface area contributed by atoms with Gasteiger partial charge in [0.2, 0.25) is 11.8 Å². The molecule has 0 aliphatic carbocycles. The Morgan fingerprint density at radius 1 is 1.53 bits per heavy atom. The van der Waals surface area contributed by atoms with Crippen molar-refractivity contribution in [2.24, 2.45) is 11.7 Å². The molecule has 1 fully saturated rings. The van der Waals surface area contributed by atoms with E-state index in [9.17, 15) is 9.59 Å². The number of rotatable bonds is 2.